The van der Waals surface area contributed by atoms with Crippen molar-refractivity contribution in [2.24, 2.45) is 5.92 Å². The summed E-state index contributed by atoms with van der Waals surface area (Å²) in [5, 5.41) is 4.12. The molecule has 11 nitrogen and oxygen atoms in total. The van der Waals surface area contributed by atoms with Crippen LogP contribution >= 0.6 is 19.3 Å². The number of aromatic nitrogens is 3. The maximum absolute atomic E-state index is 14.3. The second-order valence-electron chi connectivity index (χ2n) is 10.8. The van der Waals surface area contributed by atoms with Gasteiger partial charge in [0.1, 0.15) is 29.7 Å². The van der Waals surface area contributed by atoms with Crippen LogP contribution in [0.15, 0.2) is 48.5 Å². The number of ether oxygens (including phenoxy) is 2. The van der Waals surface area contributed by atoms with Crippen molar-refractivity contribution in [2.45, 2.75) is 66.2 Å². The van der Waals surface area contributed by atoms with Crippen LogP contribution in [0.5, 0.6) is 5.75 Å². The van der Waals surface area contributed by atoms with Gasteiger partial charge in [-0.2, -0.15) is 5.09 Å². The van der Waals surface area contributed by atoms with Crippen molar-refractivity contribution in [3.63, 3.8) is 0 Å². The van der Waals surface area contributed by atoms with Crippen LogP contribution in [-0.2, 0) is 30.0 Å². The van der Waals surface area contributed by atoms with Crippen molar-refractivity contribution in [3.8, 4) is 5.75 Å². The van der Waals surface area contributed by atoms with E-state index in [9.17, 15) is 9.36 Å². The predicted octanol–water partition coefficient (Wildman–Crippen LogP) is 7.08. The summed E-state index contributed by atoms with van der Waals surface area (Å²) >= 11 is 6.05. The molecule has 0 aliphatic carbocycles. The van der Waals surface area contributed by atoms with Crippen LogP contribution in [0.4, 0.5) is 5.82 Å². The molecule has 0 bridgehead atoms. The van der Waals surface area contributed by atoms with Crippen LogP contribution < -0.4 is 15.3 Å². The third-order valence-electron chi connectivity index (χ3n) is 7.07. The molecule has 0 aliphatic rings. The van der Waals surface area contributed by atoms with Crippen molar-refractivity contribution >= 4 is 53.1 Å². The number of nitrogens with two attached hydrogens (primary N) is 1. The van der Waals surface area contributed by atoms with Gasteiger partial charge < -0.3 is 24.3 Å². The van der Waals surface area contributed by atoms with Gasteiger partial charge in [0, 0.05) is 17.0 Å². The minimum Gasteiger partial charge on any atom is -0.465 e. The van der Waals surface area contributed by atoms with Crippen LogP contribution in [0.3, 0.4) is 0 Å². The molecule has 0 amide bonds. The van der Waals surface area contributed by atoms with Gasteiger partial charge in [-0.25, -0.2) is 14.5 Å². The predicted molar refractivity (Wildman–Crippen MR) is 173 cm³/mol. The number of hydrogen-bond donors (Lipinski definition) is 2. The Morgan fingerprint density at radius 3 is 2.50 bits per heavy atom. The lowest BCUT2D eigenvalue weighted by molar-refractivity contribution is -0.145. The number of anilines is 1. The third-order valence-corrected chi connectivity index (χ3v) is 8.96. The lowest BCUT2D eigenvalue weighted by atomic mass is 10.0. The van der Waals surface area contributed by atoms with E-state index in [1.54, 1.807) is 31.2 Å². The van der Waals surface area contributed by atoms with Gasteiger partial charge >= 0.3 is 13.7 Å². The van der Waals surface area contributed by atoms with Gasteiger partial charge in [-0.15, -0.1) is 0 Å². The number of esters is 1. The maximum atomic E-state index is 14.3. The van der Waals surface area contributed by atoms with E-state index in [1.807, 2.05) is 56.5 Å². The molecule has 1 unspecified atom stereocenters. The zero-order chi connectivity index (χ0) is 31.9. The molecule has 0 saturated heterocycles. The molecule has 3 N–H and O–H groups in total. The van der Waals surface area contributed by atoms with E-state index in [4.69, 9.17) is 40.8 Å². The summed E-state index contributed by atoms with van der Waals surface area (Å²) < 4.78 is 39.5. The highest BCUT2D eigenvalue weighted by Crippen LogP contribution is 2.47. The van der Waals surface area contributed by atoms with Gasteiger partial charge in [0.2, 0.25) is 0 Å². The fourth-order valence-electron chi connectivity index (χ4n) is 4.72. The highest BCUT2D eigenvalue weighted by atomic mass is 35.5. The average Bonchev–Trinajstić information content (AvgIpc) is 3.37. The van der Waals surface area contributed by atoms with E-state index in [0.29, 0.717) is 28.8 Å². The molecule has 0 saturated carbocycles. The third kappa shape index (κ3) is 8.08. The number of hydrogen-bond acceptors (Lipinski definition) is 9. The Labute approximate surface area is 263 Å². The van der Waals surface area contributed by atoms with Gasteiger partial charge in [0.15, 0.2) is 5.82 Å². The van der Waals surface area contributed by atoms with Crippen LogP contribution in [0.1, 0.15) is 59.3 Å². The molecule has 0 spiro atoms. The highest BCUT2D eigenvalue weighted by Gasteiger charge is 2.35. The summed E-state index contributed by atoms with van der Waals surface area (Å²) in [4.78, 5) is 22.1. The number of nitrogens with zero attached hydrogens (tertiary/aromatic N) is 3. The monoisotopic (exact) mass is 645 g/mol. The molecule has 4 aromatic rings. The summed E-state index contributed by atoms with van der Waals surface area (Å²) in [5.41, 5.74) is 8.43. The fourth-order valence-corrected chi connectivity index (χ4v) is 6.35. The Kier molecular flexibility index (Phi) is 11.6. The lowest BCUT2D eigenvalue weighted by Gasteiger charge is -2.29. The quantitative estimate of drug-likeness (QED) is 0.0738. The number of nitrogen functional groups attached to an aromatic ring is 1. The van der Waals surface area contributed by atoms with E-state index >= 15 is 0 Å². The van der Waals surface area contributed by atoms with E-state index in [2.05, 4.69) is 10.1 Å². The second-order valence-corrected chi connectivity index (χ2v) is 12.9. The number of pyridine rings is 1. The first-order valence-corrected chi connectivity index (χ1v) is 16.8. The molecule has 2 heterocycles. The molecule has 3 atom stereocenters. The molecule has 2 aromatic carbocycles. The number of nitrogens with one attached hydrogen (secondary N) is 1. The first-order valence-electron chi connectivity index (χ1n) is 14.8. The first-order chi connectivity index (χ1) is 21.1. The Morgan fingerprint density at radius 2 is 1.82 bits per heavy atom. The van der Waals surface area contributed by atoms with E-state index in [-0.39, 0.29) is 31.5 Å². The molecule has 13 heteroatoms. The number of unbranched alkanes of at least 4 members (excludes halogenated alkanes) is 1. The number of rotatable bonds is 16. The summed E-state index contributed by atoms with van der Waals surface area (Å²) in [6, 6.07) is 12.7. The lowest BCUT2D eigenvalue weighted by Crippen LogP contribution is -2.36. The van der Waals surface area contributed by atoms with Crippen molar-refractivity contribution < 1.29 is 27.9 Å². The highest BCUT2D eigenvalue weighted by molar-refractivity contribution is 7.52. The molecule has 238 valence electrons. The van der Waals surface area contributed by atoms with Gasteiger partial charge in [-0.05, 0) is 56.5 Å². The number of halogens is 1. The number of carbonyl (C=O) groups excluding carboxylic acids is 1. The molecule has 0 aliphatic heterocycles. The van der Waals surface area contributed by atoms with Crippen LogP contribution in [0.25, 0.3) is 21.9 Å². The topological polar surface area (TPSA) is 140 Å². The molecule has 0 radical (unpaired) electrons. The Bertz CT molecular complexity index is 1610. The molecule has 44 heavy (non-hydrogen) atoms. The van der Waals surface area contributed by atoms with Crippen LogP contribution in [0, 0.1) is 5.92 Å². The summed E-state index contributed by atoms with van der Waals surface area (Å²) in [6.45, 7) is 10.4. The standard InChI is InChI=1S/C31H41ClN5O6P/c1-6-8-17-41-31(38)21(5)36-44(39,43-23-15-13-22(32)14-16-23)42-18-26(20(3)4)37-27(19-40-7-2)35-28-29(37)24-11-9-10-12-25(24)34-30(28)33/h9-16,20-21,26H,6-8,17-19H2,1-5H3,(H2,33,34)(H,36,39)/t21-,26+,44?/m0/s1. The van der Waals surface area contributed by atoms with Crippen LogP contribution in [0.2, 0.25) is 5.02 Å². The van der Waals surface area contributed by atoms with Gasteiger partial charge in [0.25, 0.3) is 0 Å². The number of imidazole rings is 1. The zero-order valence-electron chi connectivity index (χ0n) is 25.8. The summed E-state index contributed by atoms with van der Waals surface area (Å²) in [5.74, 6) is 0.598. The fraction of sp³-hybridized carbons (Fsp3) is 0.452. The summed E-state index contributed by atoms with van der Waals surface area (Å²) in [7, 11) is -4.15. The minimum atomic E-state index is -4.15. The van der Waals surface area contributed by atoms with Crippen molar-refractivity contribution in [2.75, 3.05) is 25.6 Å². The Morgan fingerprint density at radius 1 is 1.09 bits per heavy atom. The Hall–Kier alpha value is -3.21. The molecule has 4 rings (SSSR count). The van der Waals surface area contributed by atoms with Gasteiger partial charge in [-0.1, -0.05) is 57.0 Å². The van der Waals surface area contributed by atoms with E-state index in [0.717, 1.165) is 29.3 Å². The zero-order valence-corrected chi connectivity index (χ0v) is 27.4. The van der Waals surface area contributed by atoms with Crippen LogP contribution in [-0.4, -0.2) is 46.4 Å². The van der Waals surface area contributed by atoms with Gasteiger partial charge in [0.05, 0.1) is 30.3 Å². The van der Waals surface area contributed by atoms with E-state index in [1.165, 1.54) is 0 Å². The van der Waals surface area contributed by atoms with Crippen molar-refractivity contribution in [1.82, 2.24) is 19.6 Å². The largest absolute Gasteiger partial charge is 0.465 e. The average molecular weight is 646 g/mol. The number of carbonyl (C=O) groups is 1. The van der Waals surface area contributed by atoms with E-state index < -0.39 is 25.8 Å². The number of benzene rings is 2. The van der Waals surface area contributed by atoms with Crippen molar-refractivity contribution in [1.29, 1.82) is 0 Å². The smallest absolute Gasteiger partial charge is 0.459 e. The van der Waals surface area contributed by atoms with Crippen molar-refractivity contribution in [3.05, 3.63) is 59.4 Å². The molecule has 0 fully saturated rings. The molecule has 2 aromatic heterocycles. The maximum Gasteiger partial charge on any atom is 0.459 e. The molecular weight excluding hydrogens is 605 g/mol. The first kappa shape index (κ1) is 33.7. The minimum absolute atomic E-state index is 0.0265. The number of para-hydroxylation sites is 1. The summed E-state index contributed by atoms with van der Waals surface area (Å²) in [6.07, 6.45) is 1.60. The molecular formula is C31H41ClN5O6P. The number of fused-ring (bicyclic) bond motifs is 3. The second kappa shape index (κ2) is 15.2. The Balaban J connectivity index is 1.73. The SMILES string of the molecule is CCCCOC(=O)[C@H](C)NP(=O)(OC[C@H](C(C)C)n1c(COCC)nc2c(N)nc3ccccc3c21)Oc1ccc(Cl)cc1. The normalized spacial score (nSPS) is 14.5. The van der Waals surface area contributed by atoms with Gasteiger partial charge in [-0.3, -0.25) is 9.32 Å².